The maximum atomic E-state index is 12.5. The number of aliphatic hydroxyl groups excluding tert-OH is 1. The molecule has 0 aromatic carbocycles. The van der Waals surface area contributed by atoms with Crippen molar-refractivity contribution in [2.24, 2.45) is 0 Å². The summed E-state index contributed by atoms with van der Waals surface area (Å²) in [6.45, 7) is -0.815. The highest BCUT2D eigenvalue weighted by Crippen LogP contribution is 2.16. The van der Waals surface area contributed by atoms with Crippen LogP contribution >= 0.6 is 0 Å². The first-order valence-electron chi connectivity index (χ1n) is 5.37. The fourth-order valence-electron chi connectivity index (χ4n) is 2.02. The number of imidazole rings is 1. The topological polar surface area (TPSA) is 41.3 Å². The quantitative estimate of drug-likeness (QED) is 0.850. The summed E-state index contributed by atoms with van der Waals surface area (Å²) in [5.74, 6) is 0.351. The van der Waals surface area contributed by atoms with Gasteiger partial charge < -0.3 is 5.11 Å². The minimum absolute atomic E-state index is 0.344. The second kappa shape index (κ2) is 4.88. The number of likely N-dealkylation sites (tertiary alicyclic amines) is 1. The van der Waals surface area contributed by atoms with Crippen molar-refractivity contribution in [1.82, 2.24) is 14.5 Å². The number of nitrogens with zero attached hydrogens (tertiary/aromatic N) is 3. The Hall–Kier alpha value is -1.01. The maximum absolute atomic E-state index is 12.5. The van der Waals surface area contributed by atoms with Gasteiger partial charge in [0.15, 0.2) is 0 Å². The number of halogens is 2. The van der Waals surface area contributed by atoms with Crippen LogP contribution in [0.15, 0.2) is 12.4 Å². The van der Waals surface area contributed by atoms with Crippen LogP contribution in [0.4, 0.5) is 8.78 Å². The number of alkyl halides is 2. The Morgan fingerprint density at radius 1 is 1.56 bits per heavy atom. The highest BCUT2D eigenvalue weighted by Gasteiger charge is 2.20. The zero-order valence-corrected chi connectivity index (χ0v) is 8.89. The Kier molecular flexibility index (Phi) is 3.50. The molecule has 1 saturated heterocycles. The van der Waals surface area contributed by atoms with Crippen molar-refractivity contribution in [2.75, 3.05) is 13.1 Å². The minimum Gasteiger partial charge on any atom is -0.392 e. The lowest BCUT2D eigenvalue weighted by atomic mass is 10.1. The smallest absolute Gasteiger partial charge is 0.319 e. The molecule has 0 aliphatic carbocycles. The highest BCUT2D eigenvalue weighted by molar-refractivity contribution is 4.93. The molecule has 1 aliphatic rings. The average Bonchev–Trinajstić information content (AvgIpc) is 2.66. The molecule has 0 spiro atoms. The van der Waals surface area contributed by atoms with Crippen LogP contribution < -0.4 is 0 Å². The van der Waals surface area contributed by atoms with Crippen molar-refractivity contribution in [3.63, 3.8) is 0 Å². The number of β-amino-alcohol motifs (C(OH)–C–C–N with tert-alkyl or cyclic N) is 1. The van der Waals surface area contributed by atoms with Crippen LogP contribution in [0.2, 0.25) is 0 Å². The van der Waals surface area contributed by atoms with Crippen LogP contribution in [0.5, 0.6) is 0 Å². The molecule has 0 bridgehead atoms. The molecule has 0 saturated carbocycles. The number of rotatable bonds is 3. The van der Waals surface area contributed by atoms with Crippen LogP contribution in [-0.2, 0) is 6.54 Å². The van der Waals surface area contributed by atoms with Crippen molar-refractivity contribution >= 4 is 0 Å². The Balaban J connectivity index is 2.00. The molecule has 4 nitrogen and oxygen atoms in total. The van der Waals surface area contributed by atoms with Crippen LogP contribution in [-0.4, -0.2) is 38.8 Å². The number of hydrogen-bond donors (Lipinski definition) is 1. The van der Waals surface area contributed by atoms with E-state index in [9.17, 15) is 13.9 Å². The van der Waals surface area contributed by atoms with E-state index in [2.05, 4.69) is 4.98 Å². The molecule has 0 unspecified atom stereocenters. The van der Waals surface area contributed by atoms with E-state index < -0.39 is 6.55 Å². The second-order valence-electron chi connectivity index (χ2n) is 4.06. The van der Waals surface area contributed by atoms with E-state index >= 15 is 0 Å². The van der Waals surface area contributed by atoms with Gasteiger partial charge in [-0.25, -0.2) is 4.98 Å². The normalized spacial score (nSPS) is 22.9. The third kappa shape index (κ3) is 2.56. The molecule has 2 heterocycles. The van der Waals surface area contributed by atoms with E-state index in [1.165, 1.54) is 12.4 Å². The van der Waals surface area contributed by atoms with Crippen LogP contribution in [0.25, 0.3) is 0 Å². The monoisotopic (exact) mass is 231 g/mol. The predicted octanol–water partition coefficient (Wildman–Crippen LogP) is 1.23. The van der Waals surface area contributed by atoms with Crippen LogP contribution in [0, 0.1) is 0 Å². The minimum atomic E-state index is -2.55. The molecule has 6 heteroatoms. The van der Waals surface area contributed by atoms with Crippen molar-refractivity contribution in [3.8, 4) is 0 Å². The van der Waals surface area contributed by atoms with Gasteiger partial charge >= 0.3 is 6.55 Å². The molecule has 1 aromatic rings. The zero-order valence-electron chi connectivity index (χ0n) is 8.89. The van der Waals surface area contributed by atoms with Crippen molar-refractivity contribution in [2.45, 2.75) is 32.0 Å². The summed E-state index contributed by atoms with van der Waals surface area (Å²) < 4.78 is 26.0. The van der Waals surface area contributed by atoms with Gasteiger partial charge in [-0.2, -0.15) is 8.78 Å². The fraction of sp³-hybridized carbons (Fsp3) is 0.700. The van der Waals surface area contributed by atoms with Crippen molar-refractivity contribution in [1.29, 1.82) is 0 Å². The fourth-order valence-corrected chi connectivity index (χ4v) is 2.02. The van der Waals surface area contributed by atoms with Gasteiger partial charge in [-0.3, -0.25) is 9.47 Å². The molecule has 1 N–H and O–H groups in total. The second-order valence-corrected chi connectivity index (χ2v) is 4.06. The van der Waals surface area contributed by atoms with Gasteiger partial charge in [-0.1, -0.05) is 0 Å². The van der Waals surface area contributed by atoms with Crippen LogP contribution in [0.3, 0.4) is 0 Å². The van der Waals surface area contributed by atoms with Gasteiger partial charge in [0.2, 0.25) is 0 Å². The van der Waals surface area contributed by atoms with E-state index in [-0.39, 0.29) is 6.10 Å². The first-order valence-corrected chi connectivity index (χ1v) is 5.37. The molecule has 1 aliphatic heterocycles. The summed E-state index contributed by atoms with van der Waals surface area (Å²) in [7, 11) is 0. The molecule has 90 valence electrons. The first-order chi connectivity index (χ1) is 7.66. The summed E-state index contributed by atoms with van der Waals surface area (Å²) in [6.07, 6.45) is 4.00. The summed E-state index contributed by atoms with van der Waals surface area (Å²) in [5.41, 5.74) is 0. The first kappa shape index (κ1) is 11.5. The van der Waals surface area contributed by atoms with Gasteiger partial charge in [0.05, 0.1) is 12.6 Å². The molecule has 1 atom stereocenters. The van der Waals surface area contributed by atoms with E-state index in [4.69, 9.17) is 0 Å². The molecular weight excluding hydrogens is 216 g/mol. The Labute approximate surface area is 92.5 Å². The highest BCUT2D eigenvalue weighted by atomic mass is 19.3. The molecular formula is C10H15F2N3O. The zero-order chi connectivity index (χ0) is 11.5. The van der Waals surface area contributed by atoms with Gasteiger partial charge in [0.1, 0.15) is 5.82 Å². The molecule has 2 rings (SSSR count). The van der Waals surface area contributed by atoms with E-state index in [1.807, 2.05) is 4.90 Å². The maximum Gasteiger partial charge on any atom is 0.319 e. The largest absolute Gasteiger partial charge is 0.392 e. The summed E-state index contributed by atoms with van der Waals surface area (Å²) in [5, 5.41) is 9.47. The Bertz CT molecular complexity index is 343. The van der Waals surface area contributed by atoms with Crippen molar-refractivity contribution < 1.29 is 13.9 Å². The number of aliphatic hydroxyl groups is 1. The predicted molar refractivity (Wildman–Crippen MR) is 54.0 cm³/mol. The van der Waals surface area contributed by atoms with Gasteiger partial charge in [-0.15, -0.1) is 0 Å². The SMILES string of the molecule is O[C@H]1CCCN(Cc2nccn2C(F)F)C1. The summed E-state index contributed by atoms with van der Waals surface area (Å²) in [4.78, 5) is 5.87. The summed E-state index contributed by atoms with van der Waals surface area (Å²) in [6, 6.07) is 0. The lowest BCUT2D eigenvalue weighted by molar-refractivity contribution is 0.0496. The number of hydrogen-bond acceptors (Lipinski definition) is 3. The summed E-state index contributed by atoms with van der Waals surface area (Å²) >= 11 is 0. The van der Waals surface area contributed by atoms with Gasteiger partial charge in [0.25, 0.3) is 0 Å². The molecule has 1 aromatic heterocycles. The third-order valence-electron chi connectivity index (χ3n) is 2.80. The lowest BCUT2D eigenvalue weighted by Gasteiger charge is -2.29. The standard InChI is InChI=1S/C10H15F2N3O/c11-10(12)15-5-3-13-9(15)7-14-4-1-2-8(16)6-14/h3,5,8,10,16H,1-2,4,6-7H2/t8-/m0/s1. The van der Waals surface area contributed by atoms with Crippen molar-refractivity contribution in [3.05, 3.63) is 18.2 Å². The molecule has 0 amide bonds. The number of piperidine rings is 1. The van der Waals surface area contributed by atoms with Crippen LogP contribution in [0.1, 0.15) is 25.2 Å². The van der Waals surface area contributed by atoms with Gasteiger partial charge in [0, 0.05) is 18.9 Å². The molecule has 0 radical (unpaired) electrons. The average molecular weight is 231 g/mol. The lowest BCUT2D eigenvalue weighted by Crippen LogP contribution is -2.38. The van der Waals surface area contributed by atoms with Gasteiger partial charge in [-0.05, 0) is 19.4 Å². The van der Waals surface area contributed by atoms with E-state index in [1.54, 1.807) is 0 Å². The Morgan fingerprint density at radius 2 is 2.38 bits per heavy atom. The Morgan fingerprint density at radius 3 is 3.06 bits per heavy atom. The van der Waals surface area contributed by atoms with E-state index in [0.29, 0.717) is 18.9 Å². The van der Waals surface area contributed by atoms with E-state index in [0.717, 1.165) is 24.0 Å². The number of aromatic nitrogens is 2. The molecule has 16 heavy (non-hydrogen) atoms. The third-order valence-corrected chi connectivity index (χ3v) is 2.80. The molecule has 1 fully saturated rings.